The molecule has 2 aromatic rings. The van der Waals surface area contributed by atoms with E-state index in [0.29, 0.717) is 35.7 Å². The average Bonchev–Trinajstić information content (AvgIpc) is 2.91. The summed E-state index contributed by atoms with van der Waals surface area (Å²) in [5.41, 5.74) is 4.53. The van der Waals surface area contributed by atoms with Crippen LogP contribution in [0.2, 0.25) is 0 Å². The van der Waals surface area contributed by atoms with Gasteiger partial charge in [-0.1, -0.05) is 56.7 Å². The van der Waals surface area contributed by atoms with Crippen LogP contribution in [0.25, 0.3) is 0 Å². The number of carbonyl (C=O) groups excluding carboxylic acids is 2. The van der Waals surface area contributed by atoms with Gasteiger partial charge in [-0.3, -0.25) is 4.79 Å². The van der Waals surface area contributed by atoms with Gasteiger partial charge in [0, 0.05) is 29.3 Å². The Hall–Kier alpha value is -3.54. The third kappa shape index (κ3) is 5.90. The Balaban J connectivity index is 1.51. The summed E-state index contributed by atoms with van der Waals surface area (Å²) < 4.78 is 17.9. The van der Waals surface area contributed by atoms with Gasteiger partial charge in [-0.05, 0) is 67.7 Å². The van der Waals surface area contributed by atoms with Crippen LogP contribution in [0.1, 0.15) is 82.8 Å². The first kappa shape index (κ1) is 27.0. The Bertz CT molecular complexity index is 1300. The molecule has 3 aliphatic rings. The lowest BCUT2D eigenvalue weighted by Crippen LogP contribution is -2.39. The molecule has 0 saturated heterocycles. The van der Waals surface area contributed by atoms with E-state index >= 15 is 0 Å². The minimum Gasteiger partial charge on any atom is -0.493 e. The molecular formula is C33H39NO5. The SMILES string of the molecule is COc1cc(C2C(C(=O)OC3CCCCC3)=C(C)NC3=C2C(=O)CC(C)(C)C3)ccc1OCc1ccccc1. The molecule has 1 heterocycles. The maximum atomic E-state index is 13.7. The molecule has 1 fully saturated rings. The van der Waals surface area contributed by atoms with Crippen molar-refractivity contribution in [2.75, 3.05) is 7.11 Å². The number of carbonyl (C=O) groups is 2. The minimum absolute atomic E-state index is 0.0672. The maximum absolute atomic E-state index is 13.7. The van der Waals surface area contributed by atoms with E-state index in [4.69, 9.17) is 14.2 Å². The van der Waals surface area contributed by atoms with Crippen LogP contribution in [0, 0.1) is 5.41 Å². The maximum Gasteiger partial charge on any atom is 0.337 e. The van der Waals surface area contributed by atoms with Gasteiger partial charge in [0.25, 0.3) is 0 Å². The summed E-state index contributed by atoms with van der Waals surface area (Å²) in [4.78, 5) is 27.4. The number of dihydropyridines is 1. The van der Waals surface area contributed by atoms with Crippen LogP contribution in [0.15, 0.2) is 71.1 Å². The van der Waals surface area contributed by atoms with Crippen LogP contribution in [-0.2, 0) is 20.9 Å². The van der Waals surface area contributed by atoms with Gasteiger partial charge in [0.15, 0.2) is 17.3 Å². The second kappa shape index (κ2) is 11.3. The van der Waals surface area contributed by atoms with E-state index in [-0.39, 0.29) is 23.3 Å². The Morgan fingerprint density at radius 3 is 2.46 bits per heavy atom. The van der Waals surface area contributed by atoms with E-state index < -0.39 is 5.92 Å². The lowest BCUT2D eigenvalue weighted by molar-refractivity contribution is -0.146. The van der Waals surface area contributed by atoms with Crippen LogP contribution >= 0.6 is 0 Å². The molecule has 0 aromatic heterocycles. The number of ketones is 1. The van der Waals surface area contributed by atoms with Gasteiger partial charge < -0.3 is 19.5 Å². The monoisotopic (exact) mass is 529 g/mol. The molecule has 2 aliphatic carbocycles. The molecule has 6 heteroatoms. The molecule has 5 rings (SSSR count). The van der Waals surface area contributed by atoms with E-state index in [9.17, 15) is 9.59 Å². The molecule has 39 heavy (non-hydrogen) atoms. The summed E-state index contributed by atoms with van der Waals surface area (Å²) in [5, 5.41) is 3.43. The molecule has 0 spiro atoms. The zero-order valence-corrected chi connectivity index (χ0v) is 23.5. The number of rotatable bonds is 7. The third-order valence-corrected chi connectivity index (χ3v) is 8.04. The van der Waals surface area contributed by atoms with E-state index in [0.717, 1.165) is 54.6 Å². The summed E-state index contributed by atoms with van der Waals surface area (Å²) in [7, 11) is 1.61. The number of hydrogen-bond donors (Lipinski definition) is 1. The quantitative estimate of drug-likeness (QED) is 0.400. The highest BCUT2D eigenvalue weighted by Crippen LogP contribution is 2.48. The fraction of sp³-hybridized carbons (Fsp3) is 0.455. The molecule has 1 N–H and O–H groups in total. The number of Topliss-reactive ketones (excluding diaryl/α,β-unsaturated/α-hetero) is 1. The average molecular weight is 530 g/mol. The number of esters is 1. The fourth-order valence-corrected chi connectivity index (χ4v) is 6.16. The highest BCUT2D eigenvalue weighted by Gasteiger charge is 2.43. The van der Waals surface area contributed by atoms with Crippen molar-refractivity contribution >= 4 is 11.8 Å². The molecule has 0 amide bonds. The number of allylic oxidation sites excluding steroid dienone is 3. The number of benzene rings is 2. The van der Waals surface area contributed by atoms with Crippen LogP contribution in [0.3, 0.4) is 0 Å². The fourth-order valence-electron chi connectivity index (χ4n) is 6.16. The third-order valence-electron chi connectivity index (χ3n) is 8.04. The lowest BCUT2D eigenvalue weighted by atomic mass is 9.68. The van der Waals surface area contributed by atoms with Crippen molar-refractivity contribution in [3.05, 3.63) is 82.2 Å². The van der Waals surface area contributed by atoms with Gasteiger partial charge in [0.2, 0.25) is 0 Å². The number of hydrogen-bond acceptors (Lipinski definition) is 6. The van der Waals surface area contributed by atoms with Crippen molar-refractivity contribution in [1.29, 1.82) is 0 Å². The number of ether oxygens (including phenoxy) is 3. The standard InChI is InChI=1S/C33H39NO5/c1-21-29(32(36)39-24-13-9-6-10-14-24)30(31-25(34-21)18-33(2,3)19-26(31)35)23-15-16-27(28(17-23)37-4)38-20-22-11-7-5-8-12-22/h5,7-8,11-12,15-17,24,30,34H,6,9-10,13-14,18-20H2,1-4H3. The predicted octanol–water partition coefficient (Wildman–Crippen LogP) is 6.75. The molecule has 206 valence electrons. The normalized spacial score (nSPS) is 21.2. The number of nitrogens with one attached hydrogen (secondary N) is 1. The van der Waals surface area contributed by atoms with Crippen molar-refractivity contribution in [3.63, 3.8) is 0 Å². The molecule has 0 bridgehead atoms. The van der Waals surface area contributed by atoms with Crippen LogP contribution in [-0.4, -0.2) is 25.0 Å². The predicted molar refractivity (Wildman–Crippen MR) is 150 cm³/mol. The second-order valence-electron chi connectivity index (χ2n) is 11.8. The number of methoxy groups -OCH3 is 1. The zero-order valence-electron chi connectivity index (χ0n) is 23.5. The van der Waals surface area contributed by atoms with Gasteiger partial charge in [-0.15, -0.1) is 0 Å². The molecular weight excluding hydrogens is 490 g/mol. The summed E-state index contributed by atoms with van der Waals surface area (Å²) in [6, 6.07) is 15.7. The van der Waals surface area contributed by atoms with Gasteiger partial charge in [0.1, 0.15) is 12.7 Å². The van der Waals surface area contributed by atoms with Crippen LogP contribution < -0.4 is 14.8 Å². The largest absolute Gasteiger partial charge is 0.493 e. The molecule has 6 nitrogen and oxygen atoms in total. The van der Waals surface area contributed by atoms with E-state index in [1.165, 1.54) is 6.42 Å². The van der Waals surface area contributed by atoms with Crippen molar-refractivity contribution in [1.82, 2.24) is 5.32 Å². The summed E-state index contributed by atoms with van der Waals surface area (Å²) >= 11 is 0. The molecule has 2 aromatic carbocycles. The summed E-state index contributed by atoms with van der Waals surface area (Å²) in [6.07, 6.45) is 6.19. The van der Waals surface area contributed by atoms with Crippen molar-refractivity contribution in [3.8, 4) is 11.5 Å². The van der Waals surface area contributed by atoms with E-state index in [1.54, 1.807) is 7.11 Å². The highest BCUT2D eigenvalue weighted by atomic mass is 16.5. The molecule has 1 aliphatic heterocycles. The van der Waals surface area contributed by atoms with Gasteiger partial charge in [-0.2, -0.15) is 0 Å². The van der Waals surface area contributed by atoms with E-state index in [2.05, 4.69) is 19.2 Å². The first-order valence-electron chi connectivity index (χ1n) is 14.1. The molecule has 1 unspecified atom stereocenters. The van der Waals surface area contributed by atoms with Crippen molar-refractivity contribution < 1.29 is 23.8 Å². The highest BCUT2D eigenvalue weighted by molar-refractivity contribution is 6.04. The van der Waals surface area contributed by atoms with Crippen molar-refractivity contribution in [2.45, 2.75) is 84.3 Å². The van der Waals surface area contributed by atoms with Gasteiger partial charge >= 0.3 is 5.97 Å². The Morgan fingerprint density at radius 2 is 1.74 bits per heavy atom. The first-order chi connectivity index (χ1) is 18.8. The summed E-state index contributed by atoms with van der Waals surface area (Å²) in [6.45, 7) is 6.54. The Labute approximate surface area is 231 Å². The summed E-state index contributed by atoms with van der Waals surface area (Å²) in [5.74, 6) is 0.363. The Kier molecular flexibility index (Phi) is 7.83. The zero-order chi connectivity index (χ0) is 27.6. The lowest BCUT2D eigenvalue weighted by Gasteiger charge is -2.39. The minimum atomic E-state index is -0.530. The van der Waals surface area contributed by atoms with Crippen LogP contribution in [0.4, 0.5) is 0 Å². The molecule has 1 atom stereocenters. The van der Waals surface area contributed by atoms with Gasteiger partial charge in [0.05, 0.1) is 12.7 Å². The topological polar surface area (TPSA) is 73.9 Å². The molecule has 0 radical (unpaired) electrons. The van der Waals surface area contributed by atoms with Crippen molar-refractivity contribution in [2.24, 2.45) is 5.41 Å². The first-order valence-corrected chi connectivity index (χ1v) is 14.1. The van der Waals surface area contributed by atoms with Gasteiger partial charge in [-0.25, -0.2) is 4.79 Å². The Morgan fingerprint density at radius 1 is 1.00 bits per heavy atom. The van der Waals surface area contributed by atoms with Crippen LogP contribution in [0.5, 0.6) is 11.5 Å². The molecule has 1 saturated carbocycles. The smallest absolute Gasteiger partial charge is 0.337 e. The second-order valence-corrected chi connectivity index (χ2v) is 11.8. The van der Waals surface area contributed by atoms with E-state index in [1.807, 2.05) is 55.5 Å².